The van der Waals surface area contributed by atoms with Gasteiger partial charge in [0.05, 0.1) is 10.6 Å². The standard InChI is InChI=1S/C23H24N2O3S2/c1-18(17-29-20-11-4-2-5-12-20)23(26)24-16-19-10-8-9-15-22(19)25-30(27,28)21-13-6-3-7-14-21/h2-15,18,25H,16-17H2,1H3,(H,24,26). The lowest BCUT2D eigenvalue weighted by Gasteiger charge is -2.15. The zero-order valence-corrected chi connectivity index (χ0v) is 18.2. The molecule has 7 heteroatoms. The van der Waals surface area contributed by atoms with Crippen molar-refractivity contribution >= 4 is 33.4 Å². The van der Waals surface area contributed by atoms with Crippen molar-refractivity contribution < 1.29 is 13.2 Å². The monoisotopic (exact) mass is 440 g/mol. The highest BCUT2D eigenvalue weighted by atomic mass is 32.2. The Bertz CT molecular complexity index is 1070. The summed E-state index contributed by atoms with van der Waals surface area (Å²) in [6.45, 7) is 2.13. The van der Waals surface area contributed by atoms with Crippen LogP contribution in [0, 0.1) is 5.92 Å². The van der Waals surface area contributed by atoms with Gasteiger partial charge in [-0.05, 0) is 35.9 Å². The van der Waals surface area contributed by atoms with E-state index < -0.39 is 10.0 Å². The Labute approximate surface area is 182 Å². The lowest BCUT2D eigenvalue weighted by Crippen LogP contribution is -2.30. The molecule has 0 radical (unpaired) electrons. The van der Waals surface area contributed by atoms with Crippen LogP contribution in [0.4, 0.5) is 5.69 Å². The van der Waals surface area contributed by atoms with Gasteiger partial charge in [0.15, 0.2) is 0 Å². The molecule has 0 saturated carbocycles. The highest BCUT2D eigenvalue weighted by Crippen LogP contribution is 2.22. The Morgan fingerprint density at radius 3 is 2.20 bits per heavy atom. The summed E-state index contributed by atoms with van der Waals surface area (Å²) in [6, 6.07) is 25.2. The van der Waals surface area contributed by atoms with Gasteiger partial charge in [0, 0.05) is 23.1 Å². The molecule has 1 unspecified atom stereocenters. The minimum Gasteiger partial charge on any atom is -0.352 e. The normalized spacial score (nSPS) is 12.2. The number of hydrogen-bond donors (Lipinski definition) is 2. The number of hydrogen-bond acceptors (Lipinski definition) is 4. The van der Waals surface area contributed by atoms with Crippen molar-refractivity contribution in [1.29, 1.82) is 0 Å². The second-order valence-corrected chi connectivity index (χ2v) is 9.59. The van der Waals surface area contributed by atoms with Crippen molar-refractivity contribution in [2.24, 2.45) is 5.92 Å². The van der Waals surface area contributed by atoms with E-state index in [1.54, 1.807) is 60.3 Å². The van der Waals surface area contributed by atoms with Gasteiger partial charge in [-0.25, -0.2) is 8.42 Å². The SMILES string of the molecule is CC(CSc1ccccc1)C(=O)NCc1ccccc1NS(=O)(=O)c1ccccc1. The van der Waals surface area contributed by atoms with Gasteiger partial charge in [-0.1, -0.05) is 61.5 Å². The van der Waals surface area contributed by atoms with Crippen molar-refractivity contribution in [3.63, 3.8) is 0 Å². The average molecular weight is 441 g/mol. The highest BCUT2D eigenvalue weighted by Gasteiger charge is 2.17. The average Bonchev–Trinajstić information content (AvgIpc) is 2.77. The Kier molecular flexibility index (Phi) is 7.54. The third-order valence-corrected chi connectivity index (χ3v) is 7.11. The number of thioether (sulfide) groups is 1. The number of para-hydroxylation sites is 1. The van der Waals surface area contributed by atoms with Crippen LogP contribution in [-0.4, -0.2) is 20.1 Å². The van der Waals surface area contributed by atoms with Crippen molar-refractivity contribution in [3.05, 3.63) is 90.5 Å². The molecule has 3 rings (SSSR count). The molecule has 30 heavy (non-hydrogen) atoms. The Morgan fingerprint density at radius 1 is 0.900 bits per heavy atom. The summed E-state index contributed by atoms with van der Waals surface area (Å²) in [5, 5.41) is 2.91. The zero-order chi connectivity index (χ0) is 21.4. The van der Waals surface area contributed by atoms with Gasteiger partial charge >= 0.3 is 0 Å². The molecule has 5 nitrogen and oxygen atoms in total. The van der Waals surface area contributed by atoms with Gasteiger partial charge in [0.1, 0.15) is 0 Å². The van der Waals surface area contributed by atoms with Gasteiger partial charge in [-0.3, -0.25) is 9.52 Å². The summed E-state index contributed by atoms with van der Waals surface area (Å²) in [6.07, 6.45) is 0. The highest BCUT2D eigenvalue weighted by molar-refractivity contribution is 7.99. The molecule has 0 aliphatic carbocycles. The van der Waals surface area contributed by atoms with E-state index in [0.29, 0.717) is 17.0 Å². The van der Waals surface area contributed by atoms with E-state index in [1.165, 1.54) is 0 Å². The van der Waals surface area contributed by atoms with E-state index in [-0.39, 0.29) is 23.3 Å². The second kappa shape index (κ2) is 10.3. The van der Waals surface area contributed by atoms with Crippen molar-refractivity contribution in [2.45, 2.75) is 23.3 Å². The molecule has 0 aromatic heterocycles. The largest absolute Gasteiger partial charge is 0.352 e. The van der Waals surface area contributed by atoms with Crippen molar-refractivity contribution in [2.75, 3.05) is 10.5 Å². The van der Waals surface area contributed by atoms with Crippen LogP contribution in [0.5, 0.6) is 0 Å². The second-order valence-electron chi connectivity index (χ2n) is 6.82. The minimum absolute atomic E-state index is 0.0702. The topological polar surface area (TPSA) is 75.3 Å². The molecule has 156 valence electrons. The fraction of sp³-hybridized carbons (Fsp3) is 0.174. The van der Waals surface area contributed by atoms with Gasteiger partial charge < -0.3 is 5.32 Å². The first-order valence-corrected chi connectivity index (χ1v) is 12.0. The molecule has 0 bridgehead atoms. The van der Waals surface area contributed by atoms with E-state index in [1.807, 2.05) is 43.3 Å². The number of carbonyl (C=O) groups excluding carboxylic acids is 1. The number of carbonyl (C=O) groups is 1. The maximum absolute atomic E-state index is 12.6. The van der Waals surface area contributed by atoms with Crippen LogP contribution >= 0.6 is 11.8 Å². The van der Waals surface area contributed by atoms with E-state index in [9.17, 15) is 13.2 Å². The van der Waals surface area contributed by atoms with E-state index >= 15 is 0 Å². The molecule has 0 spiro atoms. The molecule has 2 N–H and O–H groups in total. The number of benzene rings is 3. The van der Waals surface area contributed by atoms with Gasteiger partial charge in [-0.2, -0.15) is 0 Å². The predicted octanol–water partition coefficient (Wildman–Crippen LogP) is 4.53. The van der Waals surface area contributed by atoms with Crippen LogP contribution in [-0.2, 0) is 21.4 Å². The van der Waals surface area contributed by atoms with Crippen LogP contribution in [0.25, 0.3) is 0 Å². The summed E-state index contributed by atoms with van der Waals surface area (Å²) < 4.78 is 27.9. The lowest BCUT2D eigenvalue weighted by atomic mass is 10.1. The predicted molar refractivity (Wildman–Crippen MR) is 122 cm³/mol. The molecule has 0 heterocycles. The Hall–Kier alpha value is -2.77. The summed E-state index contributed by atoms with van der Waals surface area (Å²) in [4.78, 5) is 13.8. The molecule has 3 aromatic carbocycles. The molecular weight excluding hydrogens is 416 g/mol. The van der Waals surface area contributed by atoms with Gasteiger partial charge in [-0.15, -0.1) is 11.8 Å². The van der Waals surface area contributed by atoms with E-state index in [4.69, 9.17) is 0 Å². The summed E-state index contributed by atoms with van der Waals surface area (Å²) in [5.74, 6) is 0.417. The molecule has 3 aromatic rings. The number of amides is 1. The molecule has 1 amide bonds. The molecule has 0 saturated heterocycles. The zero-order valence-electron chi connectivity index (χ0n) is 16.6. The maximum Gasteiger partial charge on any atom is 0.261 e. The van der Waals surface area contributed by atoms with Crippen LogP contribution in [0.3, 0.4) is 0 Å². The quantitative estimate of drug-likeness (QED) is 0.479. The first-order chi connectivity index (χ1) is 14.5. The fourth-order valence-electron chi connectivity index (χ4n) is 2.75. The first-order valence-electron chi connectivity index (χ1n) is 9.57. The number of nitrogens with one attached hydrogen (secondary N) is 2. The van der Waals surface area contributed by atoms with Crippen LogP contribution in [0.2, 0.25) is 0 Å². The number of rotatable bonds is 9. The lowest BCUT2D eigenvalue weighted by molar-refractivity contribution is -0.124. The smallest absolute Gasteiger partial charge is 0.261 e. The Balaban J connectivity index is 1.60. The molecule has 1 atom stereocenters. The first kappa shape index (κ1) is 21.9. The molecule has 0 fully saturated rings. The number of anilines is 1. The molecule has 0 aliphatic rings. The Morgan fingerprint density at radius 2 is 1.50 bits per heavy atom. The van der Waals surface area contributed by atoms with Gasteiger partial charge in [0.2, 0.25) is 5.91 Å². The summed E-state index contributed by atoms with van der Waals surface area (Å²) >= 11 is 1.63. The fourth-order valence-corrected chi connectivity index (χ4v) is 4.81. The van der Waals surface area contributed by atoms with Crippen LogP contribution in [0.1, 0.15) is 12.5 Å². The molecule has 0 aliphatic heterocycles. The van der Waals surface area contributed by atoms with E-state index in [0.717, 1.165) is 4.90 Å². The third-order valence-electron chi connectivity index (χ3n) is 4.46. The van der Waals surface area contributed by atoms with Crippen molar-refractivity contribution in [3.8, 4) is 0 Å². The third kappa shape index (κ3) is 6.11. The summed E-state index contributed by atoms with van der Waals surface area (Å²) in [7, 11) is -3.70. The van der Waals surface area contributed by atoms with E-state index in [2.05, 4.69) is 10.0 Å². The number of sulfonamides is 1. The van der Waals surface area contributed by atoms with Crippen LogP contribution in [0.15, 0.2) is 94.7 Å². The van der Waals surface area contributed by atoms with Gasteiger partial charge in [0.25, 0.3) is 10.0 Å². The van der Waals surface area contributed by atoms with Crippen molar-refractivity contribution in [1.82, 2.24) is 5.32 Å². The summed E-state index contributed by atoms with van der Waals surface area (Å²) in [5.41, 5.74) is 1.15. The van der Waals surface area contributed by atoms with Crippen LogP contribution < -0.4 is 10.0 Å². The molecular formula is C23H24N2O3S2. The maximum atomic E-state index is 12.6. The minimum atomic E-state index is -3.70.